The number of nitrogens with one attached hydrogen (secondary N) is 2. The molecule has 1 aliphatic carbocycles. The molecule has 5 rings (SSSR count). The van der Waals surface area contributed by atoms with Crippen molar-refractivity contribution < 1.29 is 18.3 Å². The number of amidine groups is 1. The second-order valence-electron chi connectivity index (χ2n) is 10.1. The topological polar surface area (TPSA) is 108 Å². The number of fused-ring (bicyclic) bond motifs is 1. The van der Waals surface area contributed by atoms with Crippen LogP contribution >= 0.6 is 0 Å². The highest BCUT2D eigenvalue weighted by molar-refractivity contribution is 7.94. The van der Waals surface area contributed by atoms with Crippen molar-refractivity contribution in [3.05, 3.63) is 64.5 Å². The van der Waals surface area contributed by atoms with Crippen LogP contribution in [0.15, 0.2) is 58.2 Å². The summed E-state index contributed by atoms with van der Waals surface area (Å²) >= 11 is 0. The third kappa shape index (κ3) is 5.61. The van der Waals surface area contributed by atoms with Gasteiger partial charge < -0.3 is 29.9 Å². The number of hydrogen-bond donors (Lipinski definition) is 3. The fourth-order valence-corrected chi connectivity index (χ4v) is 6.29. The lowest BCUT2D eigenvalue weighted by Crippen LogP contribution is -2.36. The second kappa shape index (κ2) is 10.9. The zero-order valence-corrected chi connectivity index (χ0v) is 23.1. The fourth-order valence-electron chi connectivity index (χ4n) is 5.33. The number of aryl methyl sites for hydroxylation is 1. The van der Waals surface area contributed by atoms with Crippen LogP contribution in [0.25, 0.3) is 0 Å². The van der Waals surface area contributed by atoms with E-state index in [9.17, 15) is 13.5 Å². The van der Waals surface area contributed by atoms with Crippen LogP contribution in [-0.2, 0) is 23.3 Å². The molecule has 1 fully saturated rings. The maximum Gasteiger partial charge on any atom is 0.177 e. The maximum atomic E-state index is 12.4. The average Bonchev–Trinajstić information content (AvgIpc) is 3.26. The first-order chi connectivity index (χ1) is 18.2. The lowest BCUT2D eigenvalue weighted by atomic mass is 10.0. The van der Waals surface area contributed by atoms with Gasteiger partial charge in [-0.2, -0.15) is 0 Å². The average molecular weight is 540 g/mol. The van der Waals surface area contributed by atoms with E-state index < -0.39 is 9.84 Å². The van der Waals surface area contributed by atoms with Crippen molar-refractivity contribution in [3.63, 3.8) is 0 Å². The van der Waals surface area contributed by atoms with Crippen LogP contribution in [0.1, 0.15) is 43.9 Å². The van der Waals surface area contributed by atoms with Gasteiger partial charge in [-0.1, -0.05) is 18.2 Å². The second-order valence-corrected chi connectivity index (χ2v) is 12.1. The number of rotatable bonds is 7. The number of aliphatic imine (C=N–C) groups is 1. The molecular weight excluding hydrogens is 502 g/mol. The van der Waals surface area contributed by atoms with Gasteiger partial charge in [0.25, 0.3) is 0 Å². The number of piperidine rings is 1. The number of benzene rings is 1. The van der Waals surface area contributed by atoms with E-state index in [-0.39, 0.29) is 12.3 Å². The van der Waals surface area contributed by atoms with Crippen molar-refractivity contribution in [3.8, 4) is 5.75 Å². The lowest BCUT2D eigenvalue weighted by molar-refractivity contribution is 0.145. The van der Waals surface area contributed by atoms with Crippen LogP contribution in [0.3, 0.4) is 0 Å². The van der Waals surface area contributed by atoms with Crippen LogP contribution < -0.4 is 20.3 Å². The molecule has 0 amide bonds. The fraction of sp³-hybridized carbons (Fsp3) is 0.464. The molecule has 1 saturated heterocycles. The molecule has 2 aliphatic heterocycles. The van der Waals surface area contributed by atoms with Gasteiger partial charge in [0.1, 0.15) is 17.6 Å². The largest absolute Gasteiger partial charge is 0.494 e. The molecule has 204 valence electrons. The number of anilines is 2. The van der Waals surface area contributed by atoms with Crippen LogP contribution in [0.4, 0.5) is 11.4 Å². The van der Waals surface area contributed by atoms with E-state index in [1.54, 1.807) is 6.08 Å². The molecule has 10 heteroatoms. The van der Waals surface area contributed by atoms with E-state index in [2.05, 4.69) is 33.7 Å². The Bertz CT molecular complexity index is 1380. The van der Waals surface area contributed by atoms with Crippen LogP contribution in [-0.4, -0.2) is 62.1 Å². The summed E-state index contributed by atoms with van der Waals surface area (Å²) in [7, 11) is -1.42. The summed E-state index contributed by atoms with van der Waals surface area (Å²) in [4.78, 5) is 7.61. The molecule has 0 spiro atoms. The summed E-state index contributed by atoms with van der Waals surface area (Å²) in [6.07, 6.45) is 10.1. The summed E-state index contributed by atoms with van der Waals surface area (Å²) in [5, 5.41) is 16.8. The Hall–Kier alpha value is -3.24. The monoisotopic (exact) mass is 539 g/mol. The lowest BCUT2D eigenvalue weighted by Gasteiger charge is -2.32. The summed E-state index contributed by atoms with van der Waals surface area (Å²) < 4.78 is 32.9. The van der Waals surface area contributed by atoms with E-state index in [0.717, 1.165) is 60.7 Å². The van der Waals surface area contributed by atoms with Gasteiger partial charge in [-0.15, -0.1) is 0 Å². The molecule has 2 aromatic rings. The predicted octanol–water partition coefficient (Wildman–Crippen LogP) is 3.32. The summed E-state index contributed by atoms with van der Waals surface area (Å²) in [6.45, 7) is 4.19. The number of sulfone groups is 1. The van der Waals surface area contributed by atoms with Crippen molar-refractivity contribution in [2.24, 2.45) is 12.0 Å². The Balaban J connectivity index is 1.42. The molecule has 9 nitrogen and oxygen atoms in total. The minimum Gasteiger partial charge on any atom is -0.494 e. The SMILES string of the molecule is CCOc1cc(N2CCC(O)CC2)ccc1CC1N=C(NC2=CCCC=C2S(C)(=O)=O)c2c(ccn2C)N1. The van der Waals surface area contributed by atoms with Gasteiger partial charge in [-0.05, 0) is 50.3 Å². The van der Waals surface area contributed by atoms with E-state index >= 15 is 0 Å². The number of allylic oxidation sites excluding steroid dienone is 2. The Morgan fingerprint density at radius 2 is 1.95 bits per heavy atom. The molecule has 1 aromatic carbocycles. The molecule has 1 atom stereocenters. The van der Waals surface area contributed by atoms with Crippen LogP contribution in [0.5, 0.6) is 5.75 Å². The summed E-state index contributed by atoms with van der Waals surface area (Å²) in [5.41, 5.74) is 4.55. The number of aliphatic hydroxyl groups is 1. The molecule has 1 aromatic heterocycles. The van der Waals surface area contributed by atoms with Crippen molar-refractivity contribution in [1.29, 1.82) is 0 Å². The number of hydrogen-bond acceptors (Lipinski definition) is 8. The first-order valence-electron chi connectivity index (χ1n) is 13.3. The molecule has 0 radical (unpaired) electrons. The zero-order chi connectivity index (χ0) is 26.9. The van der Waals surface area contributed by atoms with Gasteiger partial charge in [0.2, 0.25) is 0 Å². The normalized spacial score (nSPS) is 20.2. The van der Waals surface area contributed by atoms with Crippen molar-refractivity contribution >= 4 is 27.0 Å². The van der Waals surface area contributed by atoms with Gasteiger partial charge in [-0.3, -0.25) is 0 Å². The van der Waals surface area contributed by atoms with Crippen molar-refractivity contribution in [1.82, 2.24) is 9.88 Å². The third-order valence-electron chi connectivity index (χ3n) is 7.26. The van der Waals surface area contributed by atoms with Gasteiger partial charge in [0.05, 0.1) is 29.0 Å². The highest BCUT2D eigenvalue weighted by Gasteiger charge is 2.27. The maximum absolute atomic E-state index is 12.4. The highest BCUT2D eigenvalue weighted by Crippen LogP contribution is 2.32. The molecule has 0 saturated carbocycles. The zero-order valence-electron chi connectivity index (χ0n) is 22.3. The molecular formula is C28H37N5O4S. The summed E-state index contributed by atoms with van der Waals surface area (Å²) in [6, 6.07) is 8.32. The Morgan fingerprint density at radius 3 is 2.68 bits per heavy atom. The van der Waals surface area contributed by atoms with Gasteiger partial charge in [-0.25, -0.2) is 13.4 Å². The standard InChI is InChI=1S/C28H37N5O4S/c1-4-37-24-18-20(33-15-11-21(34)12-16-33)10-9-19(24)17-26-29-23-13-14-32(2)27(23)28(31-26)30-22-7-5-6-8-25(22)38(3,35)36/h7-10,13-14,18,21,26,29,34H,4-6,11-12,15-17H2,1-3H3,(H,30,31). The predicted molar refractivity (Wildman–Crippen MR) is 152 cm³/mol. The first-order valence-corrected chi connectivity index (χ1v) is 15.2. The smallest absolute Gasteiger partial charge is 0.177 e. The molecule has 3 heterocycles. The quantitative estimate of drug-likeness (QED) is 0.495. The first kappa shape index (κ1) is 26.4. The molecule has 3 N–H and O–H groups in total. The minimum absolute atomic E-state index is 0.216. The third-order valence-corrected chi connectivity index (χ3v) is 8.45. The highest BCUT2D eigenvalue weighted by atomic mass is 32.2. The summed E-state index contributed by atoms with van der Waals surface area (Å²) in [5.74, 6) is 1.47. The Labute approximate surface area is 224 Å². The number of aromatic nitrogens is 1. The molecule has 3 aliphatic rings. The number of aliphatic hydroxyl groups excluding tert-OH is 1. The molecule has 1 unspecified atom stereocenters. The van der Waals surface area contributed by atoms with Crippen molar-refractivity contribution in [2.45, 2.75) is 51.3 Å². The van der Waals surface area contributed by atoms with Crippen LogP contribution in [0, 0.1) is 0 Å². The molecule has 38 heavy (non-hydrogen) atoms. The van der Waals surface area contributed by atoms with Gasteiger partial charge in [0.15, 0.2) is 15.7 Å². The van der Waals surface area contributed by atoms with Gasteiger partial charge in [0, 0.05) is 50.8 Å². The van der Waals surface area contributed by atoms with E-state index in [0.29, 0.717) is 35.9 Å². The Morgan fingerprint density at radius 1 is 1.18 bits per heavy atom. The molecule has 0 bridgehead atoms. The van der Waals surface area contributed by atoms with E-state index in [4.69, 9.17) is 9.73 Å². The van der Waals surface area contributed by atoms with Crippen molar-refractivity contribution in [2.75, 3.05) is 36.2 Å². The van der Waals surface area contributed by atoms with E-state index in [1.165, 1.54) is 6.26 Å². The number of ether oxygens (including phenoxy) is 1. The number of nitrogens with zero attached hydrogens (tertiary/aromatic N) is 3. The van der Waals surface area contributed by atoms with Gasteiger partial charge >= 0.3 is 0 Å². The van der Waals surface area contributed by atoms with Crippen LogP contribution in [0.2, 0.25) is 0 Å². The Kier molecular flexibility index (Phi) is 7.54. The van der Waals surface area contributed by atoms with E-state index in [1.807, 2.05) is 36.9 Å². The minimum atomic E-state index is -3.37.